The summed E-state index contributed by atoms with van der Waals surface area (Å²) >= 11 is 0. The molecule has 2 N–H and O–H groups in total. The van der Waals surface area contributed by atoms with Crippen LogP contribution in [0.2, 0.25) is 0 Å². The highest BCUT2D eigenvalue weighted by molar-refractivity contribution is 7.90. The molecule has 0 atom stereocenters. The number of hydrogen-bond acceptors (Lipinski definition) is 5. The first-order valence-electron chi connectivity index (χ1n) is 8.45. The Kier molecular flexibility index (Phi) is 7.11. The Morgan fingerprint density at radius 2 is 1.75 bits per heavy atom. The van der Waals surface area contributed by atoms with Gasteiger partial charge in [-0.2, -0.15) is 0 Å². The lowest BCUT2D eigenvalue weighted by Crippen LogP contribution is -2.14. The Labute approximate surface area is 162 Å². The summed E-state index contributed by atoms with van der Waals surface area (Å²) < 4.78 is 41.9. The molecule has 0 aromatic heterocycles. The topological polar surface area (TPSA) is 102 Å². The fraction of sp³-hybridized carbons (Fsp3) is 0.263. The second-order valence-electron chi connectivity index (χ2n) is 6.12. The first kappa shape index (κ1) is 21.4. The van der Waals surface area contributed by atoms with Crippen LogP contribution in [-0.4, -0.2) is 33.1 Å². The highest BCUT2D eigenvalue weighted by Gasteiger charge is 2.09. The molecule has 2 aromatic carbocycles. The predicted octanol–water partition coefficient (Wildman–Crippen LogP) is 2.99. The number of anilines is 2. The number of amides is 2. The largest absolute Gasteiger partial charge is 0.494 e. The number of halogens is 1. The summed E-state index contributed by atoms with van der Waals surface area (Å²) in [7, 11) is -3.25. The van der Waals surface area contributed by atoms with Crippen LogP contribution in [0.25, 0.3) is 0 Å². The molecule has 0 spiro atoms. The van der Waals surface area contributed by atoms with Gasteiger partial charge in [-0.1, -0.05) is 0 Å². The van der Waals surface area contributed by atoms with E-state index in [1.807, 2.05) is 0 Å². The van der Waals surface area contributed by atoms with E-state index in [0.717, 1.165) is 12.3 Å². The van der Waals surface area contributed by atoms with Crippen molar-refractivity contribution in [1.29, 1.82) is 0 Å². The molecule has 2 aromatic rings. The molecule has 0 aliphatic rings. The van der Waals surface area contributed by atoms with E-state index in [4.69, 9.17) is 4.74 Å². The van der Waals surface area contributed by atoms with Gasteiger partial charge in [0, 0.05) is 25.3 Å². The molecule has 7 nitrogen and oxygen atoms in total. The summed E-state index contributed by atoms with van der Waals surface area (Å²) in [4.78, 5) is 23.2. The molecule has 0 saturated heterocycles. The maximum atomic E-state index is 13.6. The molecule has 0 heterocycles. The second-order valence-corrected chi connectivity index (χ2v) is 8.14. The minimum Gasteiger partial charge on any atom is -0.494 e. The average Bonchev–Trinajstić information content (AvgIpc) is 2.61. The summed E-state index contributed by atoms with van der Waals surface area (Å²) in [5, 5.41) is 4.97. The molecule has 0 radical (unpaired) electrons. The van der Waals surface area contributed by atoms with Crippen molar-refractivity contribution in [2.24, 2.45) is 0 Å². The van der Waals surface area contributed by atoms with Gasteiger partial charge in [-0.25, -0.2) is 12.8 Å². The predicted molar refractivity (Wildman–Crippen MR) is 104 cm³/mol. The summed E-state index contributed by atoms with van der Waals surface area (Å²) in [5.41, 5.74) is 0.360. The summed E-state index contributed by atoms with van der Waals surface area (Å²) in [5.74, 6) is -0.782. The van der Waals surface area contributed by atoms with Crippen molar-refractivity contribution in [3.05, 3.63) is 48.3 Å². The van der Waals surface area contributed by atoms with Crippen LogP contribution in [0.4, 0.5) is 15.8 Å². The van der Waals surface area contributed by atoms with E-state index in [9.17, 15) is 22.4 Å². The van der Waals surface area contributed by atoms with E-state index >= 15 is 0 Å². The Hall–Kier alpha value is -2.94. The van der Waals surface area contributed by atoms with E-state index in [-0.39, 0.29) is 29.5 Å². The third-order valence-electron chi connectivity index (χ3n) is 3.63. The lowest BCUT2D eigenvalue weighted by Gasteiger charge is -2.09. The number of benzene rings is 2. The maximum Gasteiger partial charge on any atom is 0.224 e. The van der Waals surface area contributed by atoms with Crippen LogP contribution < -0.4 is 15.4 Å². The van der Waals surface area contributed by atoms with Crippen molar-refractivity contribution in [2.45, 2.75) is 24.7 Å². The number of carbonyl (C=O) groups is 2. The first-order valence-corrected chi connectivity index (χ1v) is 10.3. The average molecular weight is 408 g/mol. The molecule has 0 fully saturated rings. The zero-order chi connectivity index (χ0) is 20.7. The molecule has 28 heavy (non-hydrogen) atoms. The standard InChI is InChI=1S/C19H21FN2O5S/c1-13(23)21-18-12-14(5-10-17(18)20)22-19(24)4-3-11-27-15-6-8-16(9-7-15)28(2,25)26/h5-10,12H,3-4,11H2,1-2H3,(H,21,23)(H,22,24). The molecule has 0 aliphatic heterocycles. The second kappa shape index (κ2) is 9.32. The molecular formula is C19H21FN2O5S. The van der Waals surface area contributed by atoms with Gasteiger partial charge in [-0.05, 0) is 48.9 Å². The Morgan fingerprint density at radius 3 is 2.36 bits per heavy atom. The first-order chi connectivity index (χ1) is 13.1. The maximum absolute atomic E-state index is 13.6. The zero-order valence-corrected chi connectivity index (χ0v) is 16.3. The minimum absolute atomic E-state index is 0.00817. The Morgan fingerprint density at radius 1 is 1.07 bits per heavy atom. The van der Waals surface area contributed by atoms with Gasteiger partial charge in [0.2, 0.25) is 11.8 Å². The molecule has 9 heteroatoms. The number of rotatable bonds is 8. The summed E-state index contributed by atoms with van der Waals surface area (Å²) in [6.45, 7) is 1.53. The van der Waals surface area contributed by atoms with E-state index in [1.54, 1.807) is 12.1 Å². The molecule has 0 bridgehead atoms. The van der Waals surface area contributed by atoms with Crippen LogP contribution >= 0.6 is 0 Å². The van der Waals surface area contributed by atoms with Crippen molar-refractivity contribution in [3.63, 3.8) is 0 Å². The van der Waals surface area contributed by atoms with Gasteiger partial charge in [-0.15, -0.1) is 0 Å². The molecule has 2 rings (SSSR count). The zero-order valence-electron chi connectivity index (χ0n) is 15.5. The van der Waals surface area contributed by atoms with Crippen molar-refractivity contribution >= 4 is 33.0 Å². The highest BCUT2D eigenvalue weighted by Crippen LogP contribution is 2.20. The fourth-order valence-electron chi connectivity index (χ4n) is 2.32. The minimum atomic E-state index is -3.25. The number of sulfone groups is 1. The molecule has 0 unspecified atom stereocenters. The van der Waals surface area contributed by atoms with Crippen molar-refractivity contribution in [1.82, 2.24) is 0 Å². The van der Waals surface area contributed by atoms with E-state index < -0.39 is 21.6 Å². The lowest BCUT2D eigenvalue weighted by molar-refractivity contribution is -0.116. The van der Waals surface area contributed by atoms with Gasteiger partial charge in [-0.3, -0.25) is 9.59 Å². The number of hydrogen-bond donors (Lipinski definition) is 2. The number of carbonyl (C=O) groups excluding carboxylic acids is 2. The van der Waals surface area contributed by atoms with Crippen LogP contribution in [0.3, 0.4) is 0 Å². The van der Waals surface area contributed by atoms with E-state index in [2.05, 4.69) is 10.6 Å². The van der Waals surface area contributed by atoms with Crippen LogP contribution in [0.15, 0.2) is 47.4 Å². The van der Waals surface area contributed by atoms with Crippen molar-refractivity contribution < 1.29 is 27.1 Å². The van der Waals surface area contributed by atoms with Crippen molar-refractivity contribution in [2.75, 3.05) is 23.5 Å². The molecule has 150 valence electrons. The third-order valence-corrected chi connectivity index (χ3v) is 4.76. The van der Waals surface area contributed by atoms with Gasteiger partial charge >= 0.3 is 0 Å². The van der Waals surface area contributed by atoms with Crippen LogP contribution in [0.5, 0.6) is 5.75 Å². The van der Waals surface area contributed by atoms with Gasteiger partial charge in [0.05, 0.1) is 17.2 Å². The van der Waals surface area contributed by atoms with Crippen LogP contribution in [0, 0.1) is 5.82 Å². The van der Waals surface area contributed by atoms with Gasteiger partial charge in [0.25, 0.3) is 0 Å². The Bertz CT molecular complexity index is 959. The van der Waals surface area contributed by atoms with Crippen LogP contribution in [0.1, 0.15) is 19.8 Å². The monoisotopic (exact) mass is 408 g/mol. The smallest absolute Gasteiger partial charge is 0.224 e. The van der Waals surface area contributed by atoms with Crippen molar-refractivity contribution in [3.8, 4) is 5.75 Å². The fourth-order valence-corrected chi connectivity index (χ4v) is 2.95. The highest BCUT2D eigenvalue weighted by atomic mass is 32.2. The SMILES string of the molecule is CC(=O)Nc1cc(NC(=O)CCCOc2ccc(S(C)(=O)=O)cc2)ccc1F. The van der Waals surface area contributed by atoms with Crippen LogP contribution in [-0.2, 0) is 19.4 Å². The molecular weight excluding hydrogens is 387 g/mol. The third kappa shape index (κ3) is 6.66. The molecule has 0 saturated carbocycles. The molecule has 2 amide bonds. The van der Waals surface area contributed by atoms with Gasteiger partial charge in [0.15, 0.2) is 9.84 Å². The Balaban J connectivity index is 1.79. The normalized spacial score (nSPS) is 11.0. The summed E-state index contributed by atoms with van der Waals surface area (Å²) in [6.07, 6.45) is 1.73. The lowest BCUT2D eigenvalue weighted by atomic mass is 10.2. The quantitative estimate of drug-likeness (QED) is 0.654. The van der Waals surface area contributed by atoms with E-state index in [0.29, 0.717) is 17.9 Å². The number of ether oxygens (including phenoxy) is 1. The van der Waals surface area contributed by atoms with E-state index in [1.165, 1.54) is 31.2 Å². The molecule has 0 aliphatic carbocycles. The van der Waals surface area contributed by atoms with Gasteiger partial charge < -0.3 is 15.4 Å². The number of nitrogens with one attached hydrogen (secondary N) is 2. The summed E-state index contributed by atoms with van der Waals surface area (Å²) in [6, 6.07) is 9.92. The van der Waals surface area contributed by atoms with Gasteiger partial charge in [0.1, 0.15) is 11.6 Å².